The summed E-state index contributed by atoms with van der Waals surface area (Å²) in [5.74, 6) is -0.596. The molecule has 170 valence electrons. The van der Waals surface area contributed by atoms with Crippen LogP contribution in [0.1, 0.15) is 32.6 Å². The molecule has 4 amide bonds. The molecule has 3 aromatic rings. The lowest BCUT2D eigenvalue weighted by atomic mass is 10.1. The van der Waals surface area contributed by atoms with E-state index in [1.165, 1.54) is 0 Å². The fourth-order valence-electron chi connectivity index (χ4n) is 3.18. The molecule has 3 aromatic carbocycles. The van der Waals surface area contributed by atoms with Gasteiger partial charge in [-0.05, 0) is 79.4 Å². The summed E-state index contributed by atoms with van der Waals surface area (Å²) in [6, 6.07) is 19.8. The molecule has 0 heterocycles. The van der Waals surface area contributed by atoms with Crippen LogP contribution >= 0.6 is 0 Å². The number of urea groups is 1. The van der Waals surface area contributed by atoms with E-state index < -0.39 is 0 Å². The van der Waals surface area contributed by atoms with Gasteiger partial charge < -0.3 is 21.3 Å². The van der Waals surface area contributed by atoms with E-state index >= 15 is 0 Å². The lowest BCUT2D eigenvalue weighted by molar-refractivity contribution is -0.120. The van der Waals surface area contributed by atoms with Gasteiger partial charge in [-0.15, -0.1) is 0 Å². The van der Waals surface area contributed by atoms with Gasteiger partial charge in [0.1, 0.15) is 0 Å². The Morgan fingerprint density at radius 3 is 2.12 bits per heavy atom. The van der Waals surface area contributed by atoms with E-state index in [2.05, 4.69) is 21.3 Å². The average molecular weight is 445 g/mol. The van der Waals surface area contributed by atoms with E-state index in [0.717, 1.165) is 22.3 Å². The number of carbonyl (C=O) groups excluding carboxylic acids is 3. The lowest BCUT2D eigenvalue weighted by Gasteiger charge is -2.11. The van der Waals surface area contributed by atoms with Crippen molar-refractivity contribution in [2.45, 2.75) is 27.3 Å². The minimum atomic E-state index is -0.351. The smallest absolute Gasteiger partial charge is 0.323 e. The number of carbonyl (C=O) groups is 3. The fraction of sp³-hybridized carbons (Fsp3) is 0.192. The highest BCUT2D eigenvalue weighted by Gasteiger charge is 2.09. The van der Waals surface area contributed by atoms with E-state index in [1.807, 2.05) is 57.2 Å². The highest BCUT2D eigenvalue weighted by Crippen LogP contribution is 2.13. The maximum Gasteiger partial charge on any atom is 0.323 e. The van der Waals surface area contributed by atoms with Crippen LogP contribution in [0.2, 0.25) is 0 Å². The van der Waals surface area contributed by atoms with Crippen molar-refractivity contribution in [1.29, 1.82) is 0 Å². The van der Waals surface area contributed by atoms with Crippen LogP contribution in [0.25, 0.3) is 0 Å². The number of anilines is 2. The molecule has 7 nitrogen and oxygen atoms in total. The molecule has 0 spiro atoms. The monoisotopic (exact) mass is 444 g/mol. The maximum absolute atomic E-state index is 12.2. The standard InChI is InChI=1S/C26H28N4O3/c1-17-6-4-8-22(12-17)29-26(33)30-23-9-5-7-20(14-23)15-27-24(31)16-28-25(32)21-11-10-18(2)19(3)13-21/h4-14H,15-16H2,1-3H3,(H,27,31)(H,28,32)(H2,29,30,33). The number of nitrogens with one attached hydrogen (secondary N) is 4. The largest absolute Gasteiger partial charge is 0.350 e. The molecular formula is C26H28N4O3. The van der Waals surface area contributed by atoms with Gasteiger partial charge in [0.2, 0.25) is 5.91 Å². The number of rotatable bonds is 7. The molecule has 0 aromatic heterocycles. The van der Waals surface area contributed by atoms with Crippen LogP contribution in [0.4, 0.5) is 16.2 Å². The van der Waals surface area contributed by atoms with Crippen LogP contribution in [-0.2, 0) is 11.3 Å². The summed E-state index contributed by atoms with van der Waals surface area (Å²) in [5.41, 5.74) is 5.83. The molecule has 0 atom stereocenters. The maximum atomic E-state index is 12.2. The minimum Gasteiger partial charge on any atom is -0.350 e. The molecule has 0 saturated carbocycles. The first-order valence-corrected chi connectivity index (χ1v) is 10.7. The minimum absolute atomic E-state index is 0.122. The zero-order valence-corrected chi connectivity index (χ0v) is 19.0. The summed E-state index contributed by atoms with van der Waals surface area (Å²) < 4.78 is 0. The molecule has 4 N–H and O–H groups in total. The Hall–Kier alpha value is -4.13. The molecule has 7 heteroatoms. The molecule has 0 unspecified atom stereocenters. The Morgan fingerprint density at radius 1 is 0.727 bits per heavy atom. The van der Waals surface area contributed by atoms with Gasteiger partial charge in [0.25, 0.3) is 5.91 Å². The summed E-state index contributed by atoms with van der Waals surface area (Å²) in [4.78, 5) is 36.7. The van der Waals surface area contributed by atoms with Gasteiger partial charge in [-0.3, -0.25) is 9.59 Å². The molecule has 0 radical (unpaired) electrons. The molecule has 3 rings (SSSR count). The summed E-state index contributed by atoms with van der Waals surface area (Å²) in [7, 11) is 0. The van der Waals surface area contributed by atoms with Crippen LogP contribution < -0.4 is 21.3 Å². The van der Waals surface area contributed by atoms with Crippen LogP contribution in [0.15, 0.2) is 66.7 Å². The predicted molar refractivity (Wildman–Crippen MR) is 130 cm³/mol. The Kier molecular flexibility index (Phi) is 7.81. The Bertz CT molecular complexity index is 1170. The summed E-state index contributed by atoms with van der Waals surface area (Å²) >= 11 is 0. The Balaban J connectivity index is 1.46. The van der Waals surface area contributed by atoms with Crippen molar-refractivity contribution >= 4 is 29.2 Å². The number of amides is 4. The van der Waals surface area contributed by atoms with Crippen LogP contribution in [0.5, 0.6) is 0 Å². The first kappa shape index (κ1) is 23.5. The lowest BCUT2D eigenvalue weighted by Crippen LogP contribution is -2.36. The second-order valence-corrected chi connectivity index (χ2v) is 7.91. The van der Waals surface area contributed by atoms with Crippen molar-refractivity contribution in [3.8, 4) is 0 Å². The Labute approximate surface area is 193 Å². The Morgan fingerprint density at radius 2 is 1.42 bits per heavy atom. The van der Waals surface area contributed by atoms with Gasteiger partial charge in [0.15, 0.2) is 0 Å². The van der Waals surface area contributed by atoms with E-state index in [-0.39, 0.29) is 30.9 Å². The second kappa shape index (κ2) is 10.9. The third kappa shape index (κ3) is 7.21. The van der Waals surface area contributed by atoms with Gasteiger partial charge >= 0.3 is 6.03 Å². The summed E-state index contributed by atoms with van der Waals surface area (Å²) in [5, 5.41) is 11.0. The molecule has 0 aliphatic heterocycles. The van der Waals surface area contributed by atoms with Crippen molar-refractivity contribution < 1.29 is 14.4 Å². The number of aryl methyl sites for hydroxylation is 3. The number of hydrogen-bond acceptors (Lipinski definition) is 3. The SMILES string of the molecule is Cc1cccc(NC(=O)Nc2cccc(CNC(=O)CNC(=O)c3ccc(C)c(C)c3)c2)c1. The average Bonchev–Trinajstić information content (AvgIpc) is 2.78. The quantitative estimate of drug-likeness (QED) is 0.437. The van der Waals surface area contributed by atoms with E-state index in [0.29, 0.717) is 16.9 Å². The van der Waals surface area contributed by atoms with Crippen molar-refractivity contribution in [1.82, 2.24) is 10.6 Å². The summed E-state index contributed by atoms with van der Waals surface area (Å²) in [6.07, 6.45) is 0. The van der Waals surface area contributed by atoms with Crippen molar-refractivity contribution in [2.75, 3.05) is 17.2 Å². The van der Waals surface area contributed by atoms with E-state index in [4.69, 9.17) is 0 Å². The molecular weight excluding hydrogens is 416 g/mol. The second-order valence-electron chi connectivity index (χ2n) is 7.91. The van der Waals surface area contributed by atoms with Crippen molar-refractivity contribution in [3.05, 3.63) is 94.5 Å². The van der Waals surface area contributed by atoms with Gasteiger partial charge in [-0.1, -0.05) is 30.3 Å². The normalized spacial score (nSPS) is 10.3. The zero-order chi connectivity index (χ0) is 23.8. The van der Waals surface area contributed by atoms with Crippen molar-refractivity contribution in [3.63, 3.8) is 0 Å². The number of benzene rings is 3. The zero-order valence-electron chi connectivity index (χ0n) is 19.0. The number of hydrogen-bond donors (Lipinski definition) is 4. The fourth-order valence-corrected chi connectivity index (χ4v) is 3.18. The van der Waals surface area contributed by atoms with Gasteiger partial charge in [-0.2, -0.15) is 0 Å². The van der Waals surface area contributed by atoms with Crippen LogP contribution in [0.3, 0.4) is 0 Å². The summed E-state index contributed by atoms with van der Waals surface area (Å²) in [6.45, 7) is 6.02. The molecule has 0 fully saturated rings. The highest BCUT2D eigenvalue weighted by molar-refractivity contribution is 6.00. The van der Waals surface area contributed by atoms with Crippen LogP contribution in [0, 0.1) is 20.8 Å². The predicted octanol–water partition coefficient (Wildman–Crippen LogP) is 4.30. The first-order valence-electron chi connectivity index (χ1n) is 10.7. The molecule has 0 aliphatic carbocycles. The first-order chi connectivity index (χ1) is 15.8. The molecule has 0 bridgehead atoms. The third-order valence-electron chi connectivity index (χ3n) is 5.13. The van der Waals surface area contributed by atoms with Gasteiger partial charge in [0.05, 0.1) is 6.54 Å². The van der Waals surface area contributed by atoms with Crippen molar-refractivity contribution in [2.24, 2.45) is 0 Å². The van der Waals surface area contributed by atoms with E-state index in [1.54, 1.807) is 30.3 Å². The van der Waals surface area contributed by atoms with Gasteiger partial charge in [0, 0.05) is 23.5 Å². The highest BCUT2D eigenvalue weighted by atomic mass is 16.2. The molecule has 0 aliphatic rings. The topological polar surface area (TPSA) is 99.3 Å². The van der Waals surface area contributed by atoms with Gasteiger partial charge in [-0.25, -0.2) is 4.79 Å². The third-order valence-corrected chi connectivity index (χ3v) is 5.13. The van der Waals surface area contributed by atoms with E-state index in [9.17, 15) is 14.4 Å². The van der Waals surface area contributed by atoms with Crippen LogP contribution in [-0.4, -0.2) is 24.4 Å². The molecule has 33 heavy (non-hydrogen) atoms. The molecule has 0 saturated heterocycles.